The summed E-state index contributed by atoms with van der Waals surface area (Å²) in [6.07, 6.45) is 3.50. The standard InChI is InChI=1S/C11H13N3O3/c1-3-6(2)14-10-7(5-13-14)9(15)8(4-12-10)11(16)17/h4-6H,3H2,1-2H3,(H,12,15)(H,16,17). The van der Waals surface area contributed by atoms with Crippen molar-refractivity contribution >= 4 is 17.0 Å². The van der Waals surface area contributed by atoms with Crippen LogP contribution in [0.4, 0.5) is 0 Å². The van der Waals surface area contributed by atoms with E-state index in [0.717, 1.165) is 6.42 Å². The summed E-state index contributed by atoms with van der Waals surface area (Å²) < 4.78 is 1.70. The van der Waals surface area contributed by atoms with Gasteiger partial charge in [0.25, 0.3) is 0 Å². The molecule has 0 amide bonds. The van der Waals surface area contributed by atoms with Crippen LogP contribution in [0.15, 0.2) is 17.2 Å². The van der Waals surface area contributed by atoms with Gasteiger partial charge in [-0.25, -0.2) is 9.48 Å². The molecule has 1 atom stereocenters. The Hall–Kier alpha value is -2.11. The lowest BCUT2D eigenvalue weighted by Gasteiger charge is -2.09. The largest absolute Gasteiger partial charge is 0.477 e. The van der Waals surface area contributed by atoms with Crippen LogP contribution >= 0.6 is 0 Å². The molecule has 6 heteroatoms. The van der Waals surface area contributed by atoms with E-state index in [2.05, 4.69) is 10.1 Å². The van der Waals surface area contributed by atoms with Crippen LogP contribution in [-0.2, 0) is 0 Å². The second-order valence-corrected chi connectivity index (χ2v) is 3.95. The van der Waals surface area contributed by atoms with E-state index >= 15 is 0 Å². The van der Waals surface area contributed by atoms with Crippen LogP contribution in [0, 0.1) is 0 Å². The van der Waals surface area contributed by atoms with E-state index in [1.165, 1.54) is 12.4 Å². The fraction of sp³-hybridized carbons (Fsp3) is 0.364. The summed E-state index contributed by atoms with van der Waals surface area (Å²) in [6, 6.07) is 0.152. The van der Waals surface area contributed by atoms with Gasteiger partial charge in [0.15, 0.2) is 0 Å². The molecule has 0 aliphatic heterocycles. The Bertz CT molecular complexity index is 626. The number of carboxylic acids is 1. The monoisotopic (exact) mass is 235 g/mol. The Morgan fingerprint density at radius 3 is 2.94 bits per heavy atom. The van der Waals surface area contributed by atoms with Crippen molar-refractivity contribution in [1.29, 1.82) is 0 Å². The Morgan fingerprint density at radius 1 is 1.65 bits per heavy atom. The zero-order valence-corrected chi connectivity index (χ0v) is 9.60. The Balaban J connectivity index is 2.71. The third-order valence-corrected chi connectivity index (χ3v) is 2.88. The zero-order valence-electron chi connectivity index (χ0n) is 9.60. The van der Waals surface area contributed by atoms with Crippen molar-refractivity contribution in [2.45, 2.75) is 26.3 Å². The lowest BCUT2D eigenvalue weighted by Crippen LogP contribution is -2.15. The third-order valence-electron chi connectivity index (χ3n) is 2.88. The second-order valence-electron chi connectivity index (χ2n) is 3.95. The van der Waals surface area contributed by atoms with Gasteiger partial charge in [0.2, 0.25) is 5.43 Å². The summed E-state index contributed by atoms with van der Waals surface area (Å²) in [5.74, 6) is -1.23. The van der Waals surface area contributed by atoms with Gasteiger partial charge in [-0.1, -0.05) is 6.92 Å². The first-order valence-electron chi connectivity index (χ1n) is 5.38. The predicted molar refractivity (Wildman–Crippen MR) is 62.3 cm³/mol. The Labute approximate surface area is 96.9 Å². The molecule has 0 aromatic carbocycles. The van der Waals surface area contributed by atoms with Gasteiger partial charge in [0.05, 0.1) is 17.6 Å². The molecule has 2 rings (SSSR count). The minimum atomic E-state index is -1.23. The lowest BCUT2D eigenvalue weighted by atomic mass is 10.2. The molecule has 17 heavy (non-hydrogen) atoms. The van der Waals surface area contributed by atoms with E-state index in [9.17, 15) is 9.59 Å². The van der Waals surface area contributed by atoms with Crippen molar-refractivity contribution in [3.8, 4) is 0 Å². The number of pyridine rings is 1. The summed E-state index contributed by atoms with van der Waals surface area (Å²) in [5.41, 5.74) is -0.198. The van der Waals surface area contributed by atoms with Crippen molar-refractivity contribution in [3.63, 3.8) is 0 Å². The molecule has 6 nitrogen and oxygen atoms in total. The predicted octanol–water partition coefficient (Wildman–Crippen LogP) is 1.39. The smallest absolute Gasteiger partial charge is 0.341 e. The molecule has 0 bridgehead atoms. The number of rotatable bonds is 3. The van der Waals surface area contributed by atoms with Gasteiger partial charge in [-0.2, -0.15) is 5.10 Å². The van der Waals surface area contributed by atoms with Crippen LogP contribution in [0.1, 0.15) is 36.7 Å². The molecule has 1 unspecified atom stereocenters. The molecular weight excluding hydrogens is 222 g/mol. The molecule has 90 valence electrons. The Kier molecular flexibility index (Phi) is 2.71. The molecule has 0 saturated heterocycles. The van der Waals surface area contributed by atoms with Crippen LogP contribution < -0.4 is 5.43 Å². The number of nitrogens with zero attached hydrogens (tertiary/aromatic N) is 2. The van der Waals surface area contributed by atoms with Gasteiger partial charge < -0.3 is 10.1 Å². The number of hydrogen-bond acceptors (Lipinski definition) is 3. The third kappa shape index (κ3) is 1.71. The van der Waals surface area contributed by atoms with E-state index in [4.69, 9.17) is 5.11 Å². The van der Waals surface area contributed by atoms with E-state index in [1.54, 1.807) is 4.68 Å². The zero-order chi connectivity index (χ0) is 12.6. The van der Waals surface area contributed by atoms with Gasteiger partial charge >= 0.3 is 5.97 Å². The molecule has 2 aromatic rings. The highest BCUT2D eigenvalue weighted by molar-refractivity contribution is 5.91. The first-order valence-corrected chi connectivity index (χ1v) is 5.38. The molecule has 0 fully saturated rings. The minimum absolute atomic E-state index is 0.152. The number of carboxylic acid groups (broad SMARTS) is 1. The molecular formula is C11H13N3O3. The van der Waals surface area contributed by atoms with Crippen molar-refractivity contribution < 1.29 is 9.90 Å². The molecule has 0 aliphatic rings. The maximum atomic E-state index is 11.8. The molecule has 0 radical (unpaired) electrons. The highest BCUT2D eigenvalue weighted by Gasteiger charge is 2.16. The van der Waals surface area contributed by atoms with Crippen molar-refractivity contribution in [3.05, 3.63) is 28.2 Å². The highest BCUT2D eigenvalue weighted by atomic mass is 16.4. The first kappa shape index (κ1) is 11.4. The number of carbonyl (C=O) groups is 1. The normalized spacial score (nSPS) is 12.8. The van der Waals surface area contributed by atoms with Crippen molar-refractivity contribution in [2.75, 3.05) is 0 Å². The van der Waals surface area contributed by atoms with E-state index in [-0.39, 0.29) is 11.6 Å². The fourth-order valence-corrected chi connectivity index (χ4v) is 1.69. The maximum absolute atomic E-state index is 11.8. The van der Waals surface area contributed by atoms with Crippen LogP contribution in [0.2, 0.25) is 0 Å². The maximum Gasteiger partial charge on any atom is 0.341 e. The van der Waals surface area contributed by atoms with Crippen LogP contribution in [0.25, 0.3) is 11.0 Å². The molecule has 2 aromatic heterocycles. The highest BCUT2D eigenvalue weighted by Crippen LogP contribution is 2.15. The number of H-pyrrole nitrogens is 1. The SMILES string of the molecule is CCC(C)n1ncc2c(=O)c(C(=O)O)c[nH]c21. The summed E-state index contributed by atoms with van der Waals surface area (Å²) >= 11 is 0. The van der Waals surface area contributed by atoms with Gasteiger partial charge in [0, 0.05) is 6.20 Å². The van der Waals surface area contributed by atoms with E-state index in [0.29, 0.717) is 11.0 Å². The van der Waals surface area contributed by atoms with Crippen LogP contribution in [0.3, 0.4) is 0 Å². The molecule has 0 saturated carbocycles. The summed E-state index contributed by atoms with van der Waals surface area (Å²) in [7, 11) is 0. The van der Waals surface area contributed by atoms with Gasteiger partial charge in [-0.3, -0.25) is 4.79 Å². The number of hydrogen-bond donors (Lipinski definition) is 2. The fourth-order valence-electron chi connectivity index (χ4n) is 1.69. The average Bonchev–Trinajstić information content (AvgIpc) is 2.72. The van der Waals surface area contributed by atoms with Gasteiger partial charge in [0.1, 0.15) is 11.2 Å². The number of fused-ring (bicyclic) bond motifs is 1. The molecule has 2 heterocycles. The van der Waals surface area contributed by atoms with Crippen LogP contribution in [0.5, 0.6) is 0 Å². The molecule has 0 spiro atoms. The summed E-state index contributed by atoms with van der Waals surface area (Å²) in [5, 5.41) is 13.3. The molecule has 2 N–H and O–H groups in total. The first-order chi connectivity index (χ1) is 8.06. The number of aromatic amines is 1. The Morgan fingerprint density at radius 2 is 2.35 bits per heavy atom. The number of aromatic nitrogens is 3. The number of aromatic carboxylic acids is 1. The van der Waals surface area contributed by atoms with Crippen molar-refractivity contribution in [1.82, 2.24) is 14.8 Å². The van der Waals surface area contributed by atoms with Crippen molar-refractivity contribution in [2.24, 2.45) is 0 Å². The van der Waals surface area contributed by atoms with Crippen LogP contribution in [-0.4, -0.2) is 25.8 Å². The summed E-state index contributed by atoms with van der Waals surface area (Å²) in [4.78, 5) is 25.5. The number of nitrogens with one attached hydrogen (secondary N) is 1. The van der Waals surface area contributed by atoms with E-state index < -0.39 is 11.4 Å². The summed E-state index contributed by atoms with van der Waals surface area (Å²) in [6.45, 7) is 4.00. The van der Waals surface area contributed by atoms with Gasteiger partial charge in [-0.15, -0.1) is 0 Å². The quantitative estimate of drug-likeness (QED) is 0.841. The van der Waals surface area contributed by atoms with E-state index in [1.807, 2.05) is 13.8 Å². The lowest BCUT2D eigenvalue weighted by molar-refractivity contribution is 0.0695. The van der Waals surface area contributed by atoms with Gasteiger partial charge in [-0.05, 0) is 13.3 Å². The average molecular weight is 235 g/mol. The minimum Gasteiger partial charge on any atom is -0.477 e. The molecule has 0 aliphatic carbocycles. The second kappa shape index (κ2) is 4.04. The topological polar surface area (TPSA) is 88.0 Å².